The lowest BCUT2D eigenvalue weighted by atomic mass is 9.96. The van der Waals surface area contributed by atoms with E-state index in [0.29, 0.717) is 12.5 Å². The van der Waals surface area contributed by atoms with E-state index in [1.807, 2.05) is 6.92 Å². The zero-order valence-electron chi connectivity index (χ0n) is 18.2. The molecule has 0 radical (unpaired) electrons. The van der Waals surface area contributed by atoms with Crippen LogP contribution in [0.25, 0.3) is 0 Å². The molecule has 0 aliphatic carbocycles. The number of aryl methyl sites for hydroxylation is 1. The summed E-state index contributed by atoms with van der Waals surface area (Å²) < 4.78 is 0. The van der Waals surface area contributed by atoms with E-state index in [2.05, 4.69) is 35.5 Å². The predicted octanol–water partition coefficient (Wildman–Crippen LogP) is 3.03. The van der Waals surface area contributed by atoms with Gasteiger partial charge in [0.15, 0.2) is 0 Å². The summed E-state index contributed by atoms with van der Waals surface area (Å²) in [6.07, 6.45) is 5.05. The molecule has 0 saturated carbocycles. The molecule has 0 bridgehead atoms. The van der Waals surface area contributed by atoms with Gasteiger partial charge in [-0.2, -0.15) is 0 Å². The van der Waals surface area contributed by atoms with Crippen LogP contribution >= 0.6 is 0 Å². The van der Waals surface area contributed by atoms with Crippen LogP contribution in [0.4, 0.5) is 5.82 Å². The van der Waals surface area contributed by atoms with Crippen LogP contribution < -0.4 is 4.90 Å². The van der Waals surface area contributed by atoms with E-state index in [9.17, 15) is 4.79 Å². The Labute approximate surface area is 170 Å². The Hall–Kier alpha value is -1.69. The lowest BCUT2D eigenvalue weighted by Crippen LogP contribution is -2.47. The first-order valence-corrected chi connectivity index (χ1v) is 11.2. The molecule has 3 heterocycles. The first-order valence-electron chi connectivity index (χ1n) is 11.2. The zero-order chi connectivity index (χ0) is 20.1. The molecule has 1 atom stereocenters. The van der Waals surface area contributed by atoms with Crippen LogP contribution in [-0.2, 0) is 17.8 Å². The van der Waals surface area contributed by atoms with Crippen molar-refractivity contribution >= 4 is 11.7 Å². The van der Waals surface area contributed by atoms with Gasteiger partial charge in [0.1, 0.15) is 11.6 Å². The van der Waals surface area contributed by atoms with Crippen molar-refractivity contribution in [3.05, 3.63) is 17.1 Å². The number of hydrogen-bond acceptors (Lipinski definition) is 5. The summed E-state index contributed by atoms with van der Waals surface area (Å²) in [6, 6.07) is 0. The Bertz CT molecular complexity index is 669. The Balaban J connectivity index is 1.78. The van der Waals surface area contributed by atoms with Crippen LogP contribution in [0.15, 0.2) is 0 Å². The molecule has 1 fully saturated rings. The number of piperazine rings is 1. The fraction of sp³-hybridized carbons (Fsp3) is 0.773. The fourth-order valence-electron chi connectivity index (χ4n) is 4.45. The van der Waals surface area contributed by atoms with Crippen molar-refractivity contribution in [2.45, 2.75) is 66.3 Å². The molecule has 6 nitrogen and oxygen atoms in total. The number of carbonyl (C=O) groups is 1. The van der Waals surface area contributed by atoms with Gasteiger partial charge in [-0.3, -0.25) is 4.79 Å². The second-order valence-corrected chi connectivity index (χ2v) is 8.20. The van der Waals surface area contributed by atoms with Crippen molar-refractivity contribution in [1.82, 2.24) is 19.8 Å². The summed E-state index contributed by atoms with van der Waals surface area (Å²) in [5.74, 6) is 2.39. The standard InChI is InChI=1S/C22H37N5O/c1-5-8-9-18(6-2)22(28)27-11-10-20-19(16-27)21(24-17(4)23-20)26-14-12-25(7-3)13-15-26/h18H,5-16H2,1-4H3/t18-/m1/s1. The number of anilines is 1. The molecule has 0 aromatic carbocycles. The highest BCUT2D eigenvalue weighted by atomic mass is 16.2. The van der Waals surface area contributed by atoms with Crippen LogP contribution in [0.3, 0.4) is 0 Å². The maximum absolute atomic E-state index is 13.1. The minimum atomic E-state index is 0.157. The lowest BCUT2D eigenvalue weighted by molar-refractivity contribution is -0.136. The quantitative estimate of drug-likeness (QED) is 0.720. The Morgan fingerprint density at radius 2 is 1.82 bits per heavy atom. The molecule has 2 aliphatic heterocycles. The summed E-state index contributed by atoms with van der Waals surface area (Å²) in [5.41, 5.74) is 2.33. The predicted molar refractivity (Wildman–Crippen MR) is 114 cm³/mol. The normalized spacial score (nSPS) is 18.9. The molecule has 1 aromatic heterocycles. The van der Waals surface area contributed by atoms with E-state index in [1.54, 1.807) is 0 Å². The molecule has 1 aromatic rings. The Morgan fingerprint density at radius 3 is 2.46 bits per heavy atom. The number of likely N-dealkylation sites (N-methyl/N-ethyl adjacent to an activating group) is 1. The highest BCUT2D eigenvalue weighted by Gasteiger charge is 2.30. The zero-order valence-corrected chi connectivity index (χ0v) is 18.2. The van der Waals surface area contributed by atoms with Gasteiger partial charge >= 0.3 is 0 Å². The average Bonchev–Trinajstić information content (AvgIpc) is 2.73. The number of amides is 1. The highest BCUT2D eigenvalue weighted by Crippen LogP contribution is 2.29. The third-order valence-corrected chi connectivity index (χ3v) is 6.33. The average molecular weight is 388 g/mol. The molecule has 3 rings (SSSR count). The molecule has 28 heavy (non-hydrogen) atoms. The van der Waals surface area contributed by atoms with Gasteiger partial charge < -0.3 is 14.7 Å². The SMILES string of the molecule is CCCC[C@@H](CC)C(=O)N1CCc2nc(C)nc(N3CCN(CC)CC3)c2C1. The van der Waals surface area contributed by atoms with Gasteiger partial charge in [0.25, 0.3) is 0 Å². The number of fused-ring (bicyclic) bond motifs is 1. The molecule has 1 saturated heterocycles. The second kappa shape index (κ2) is 9.68. The van der Waals surface area contributed by atoms with Crippen LogP contribution in [0, 0.1) is 12.8 Å². The first-order chi connectivity index (χ1) is 13.6. The summed E-state index contributed by atoms with van der Waals surface area (Å²) >= 11 is 0. The number of aromatic nitrogens is 2. The largest absolute Gasteiger partial charge is 0.354 e. The minimum Gasteiger partial charge on any atom is -0.354 e. The summed E-state index contributed by atoms with van der Waals surface area (Å²) in [6.45, 7) is 15.2. The van der Waals surface area contributed by atoms with E-state index >= 15 is 0 Å². The molecule has 156 valence electrons. The van der Waals surface area contributed by atoms with Crippen molar-refractivity contribution in [3.63, 3.8) is 0 Å². The van der Waals surface area contributed by atoms with Gasteiger partial charge in [-0.15, -0.1) is 0 Å². The van der Waals surface area contributed by atoms with Gasteiger partial charge in [-0.25, -0.2) is 9.97 Å². The highest BCUT2D eigenvalue weighted by molar-refractivity contribution is 5.79. The number of hydrogen-bond donors (Lipinski definition) is 0. The number of carbonyl (C=O) groups excluding carboxylic acids is 1. The smallest absolute Gasteiger partial charge is 0.225 e. The Morgan fingerprint density at radius 1 is 1.07 bits per heavy atom. The van der Waals surface area contributed by atoms with Crippen molar-refractivity contribution < 1.29 is 4.79 Å². The molecule has 0 N–H and O–H groups in total. The maximum Gasteiger partial charge on any atom is 0.225 e. The molecule has 2 aliphatic rings. The third kappa shape index (κ3) is 4.65. The van der Waals surface area contributed by atoms with Crippen molar-refractivity contribution in [1.29, 1.82) is 0 Å². The molecular weight excluding hydrogens is 350 g/mol. The number of nitrogens with zero attached hydrogens (tertiary/aromatic N) is 5. The van der Waals surface area contributed by atoms with Crippen LogP contribution in [0.5, 0.6) is 0 Å². The first kappa shape index (κ1) is 21.0. The van der Waals surface area contributed by atoms with E-state index in [4.69, 9.17) is 9.97 Å². The number of rotatable bonds is 7. The molecular formula is C22H37N5O. The summed E-state index contributed by atoms with van der Waals surface area (Å²) in [5, 5.41) is 0. The monoisotopic (exact) mass is 387 g/mol. The topological polar surface area (TPSA) is 52.6 Å². The van der Waals surface area contributed by atoms with Crippen molar-refractivity contribution in [2.24, 2.45) is 5.92 Å². The van der Waals surface area contributed by atoms with Gasteiger partial charge in [-0.05, 0) is 26.3 Å². The molecule has 1 amide bonds. The maximum atomic E-state index is 13.1. The molecule has 6 heteroatoms. The molecule has 0 unspecified atom stereocenters. The van der Waals surface area contributed by atoms with E-state index < -0.39 is 0 Å². The summed E-state index contributed by atoms with van der Waals surface area (Å²) in [7, 11) is 0. The van der Waals surface area contributed by atoms with Crippen LogP contribution in [0.1, 0.15) is 63.5 Å². The van der Waals surface area contributed by atoms with Gasteiger partial charge in [-0.1, -0.05) is 33.6 Å². The van der Waals surface area contributed by atoms with E-state index in [0.717, 1.165) is 88.7 Å². The second-order valence-electron chi connectivity index (χ2n) is 8.20. The molecule has 0 spiro atoms. The number of unbranched alkanes of at least 4 members (excludes halogenated alkanes) is 1. The lowest BCUT2D eigenvalue weighted by Gasteiger charge is -2.38. The van der Waals surface area contributed by atoms with Crippen molar-refractivity contribution in [3.8, 4) is 0 Å². The van der Waals surface area contributed by atoms with Crippen LogP contribution in [-0.4, -0.2) is 64.9 Å². The van der Waals surface area contributed by atoms with Gasteiger partial charge in [0.05, 0.1) is 12.2 Å². The summed E-state index contributed by atoms with van der Waals surface area (Å²) in [4.78, 5) is 29.6. The van der Waals surface area contributed by atoms with E-state index in [-0.39, 0.29) is 5.92 Å². The van der Waals surface area contributed by atoms with Crippen molar-refractivity contribution in [2.75, 3.05) is 44.2 Å². The Kier molecular flexibility index (Phi) is 7.27. The van der Waals surface area contributed by atoms with Gasteiger partial charge in [0, 0.05) is 50.6 Å². The third-order valence-electron chi connectivity index (χ3n) is 6.33. The van der Waals surface area contributed by atoms with E-state index in [1.165, 1.54) is 5.56 Å². The van der Waals surface area contributed by atoms with Crippen LogP contribution in [0.2, 0.25) is 0 Å². The van der Waals surface area contributed by atoms with Gasteiger partial charge in [0.2, 0.25) is 5.91 Å². The fourth-order valence-corrected chi connectivity index (χ4v) is 4.45. The minimum absolute atomic E-state index is 0.157.